The van der Waals surface area contributed by atoms with Crippen LogP contribution in [-0.2, 0) is 19.1 Å². The third-order valence-corrected chi connectivity index (χ3v) is 4.14. The van der Waals surface area contributed by atoms with Crippen LogP contribution in [0.2, 0.25) is 0 Å². The highest BCUT2D eigenvalue weighted by atomic mass is 16.5. The molecule has 2 unspecified atom stereocenters. The van der Waals surface area contributed by atoms with E-state index >= 15 is 0 Å². The lowest BCUT2D eigenvalue weighted by Gasteiger charge is -2.39. The fraction of sp³-hybridized carbons (Fsp3) is 0.857. The van der Waals surface area contributed by atoms with E-state index in [1.807, 2.05) is 6.92 Å². The van der Waals surface area contributed by atoms with Gasteiger partial charge in [-0.3, -0.25) is 14.5 Å². The average molecular weight is 286 g/mol. The number of piperazine rings is 1. The SMILES string of the molecule is COC(=O)CCN1CCN(C(C)C(C)C(=O)OC)CC1. The van der Waals surface area contributed by atoms with Crippen LogP contribution in [0.15, 0.2) is 0 Å². The van der Waals surface area contributed by atoms with Gasteiger partial charge in [0.2, 0.25) is 0 Å². The zero-order valence-electron chi connectivity index (χ0n) is 12.9. The summed E-state index contributed by atoms with van der Waals surface area (Å²) >= 11 is 0. The van der Waals surface area contributed by atoms with Gasteiger partial charge >= 0.3 is 11.9 Å². The normalized spacial score (nSPS) is 20.2. The molecule has 1 rings (SSSR count). The predicted octanol–water partition coefficient (Wildman–Crippen LogP) is 0.365. The molecule has 0 spiro atoms. The summed E-state index contributed by atoms with van der Waals surface area (Å²) in [7, 11) is 2.84. The van der Waals surface area contributed by atoms with Gasteiger partial charge in [-0.1, -0.05) is 6.92 Å². The third kappa shape index (κ3) is 4.76. The first-order chi connectivity index (χ1) is 9.49. The Kier molecular flexibility index (Phi) is 6.95. The second-order valence-electron chi connectivity index (χ2n) is 5.26. The van der Waals surface area contributed by atoms with Crippen LogP contribution in [0.4, 0.5) is 0 Å². The Labute approximate surface area is 121 Å². The van der Waals surface area contributed by atoms with E-state index < -0.39 is 0 Å². The Morgan fingerprint density at radius 3 is 2.15 bits per heavy atom. The first kappa shape index (κ1) is 16.9. The van der Waals surface area contributed by atoms with Crippen molar-refractivity contribution in [3.63, 3.8) is 0 Å². The minimum atomic E-state index is -0.167. The molecule has 0 aromatic carbocycles. The van der Waals surface area contributed by atoms with Gasteiger partial charge in [-0.25, -0.2) is 0 Å². The summed E-state index contributed by atoms with van der Waals surface area (Å²) in [6.07, 6.45) is 0.435. The molecule has 2 atom stereocenters. The zero-order chi connectivity index (χ0) is 15.1. The number of methoxy groups -OCH3 is 2. The Bertz CT molecular complexity index is 327. The molecule has 0 aliphatic carbocycles. The number of hydrogen-bond acceptors (Lipinski definition) is 6. The minimum absolute atomic E-state index is 0.124. The van der Waals surface area contributed by atoms with Crippen LogP contribution in [-0.4, -0.2) is 74.7 Å². The average Bonchev–Trinajstić information content (AvgIpc) is 2.50. The summed E-state index contributed by atoms with van der Waals surface area (Å²) in [6.45, 7) is 8.34. The maximum Gasteiger partial charge on any atom is 0.309 e. The van der Waals surface area contributed by atoms with Crippen molar-refractivity contribution < 1.29 is 19.1 Å². The molecule has 20 heavy (non-hydrogen) atoms. The second-order valence-corrected chi connectivity index (χ2v) is 5.26. The van der Waals surface area contributed by atoms with Gasteiger partial charge < -0.3 is 14.4 Å². The van der Waals surface area contributed by atoms with Gasteiger partial charge in [0, 0.05) is 38.8 Å². The Balaban J connectivity index is 2.34. The highest BCUT2D eigenvalue weighted by Gasteiger charge is 2.28. The molecule has 0 bridgehead atoms. The van der Waals surface area contributed by atoms with Crippen molar-refractivity contribution in [2.45, 2.75) is 26.3 Å². The van der Waals surface area contributed by atoms with Crippen LogP contribution in [0.5, 0.6) is 0 Å². The number of nitrogens with zero attached hydrogens (tertiary/aromatic N) is 2. The van der Waals surface area contributed by atoms with E-state index in [1.54, 1.807) is 0 Å². The molecule has 0 aromatic heterocycles. The largest absolute Gasteiger partial charge is 0.469 e. The van der Waals surface area contributed by atoms with E-state index in [2.05, 4.69) is 21.5 Å². The van der Waals surface area contributed by atoms with Gasteiger partial charge in [-0.15, -0.1) is 0 Å². The summed E-state index contributed by atoms with van der Waals surface area (Å²) in [5, 5.41) is 0. The molecule has 116 valence electrons. The van der Waals surface area contributed by atoms with Crippen molar-refractivity contribution in [3.8, 4) is 0 Å². The maximum atomic E-state index is 11.6. The van der Waals surface area contributed by atoms with Crippen LogP contribution in [0.1, 0.15) is 20.3 Å². The van der Waals surface area contributed by atoms with Crippen molar-refractivity contribution in [3.05, 3.63) is 0 Å². The number of ether oxygens (including phenoxy) is 2. The predicted molar refractivity (Wildman–Crippen MR) is 75.3 cm³/mol. The summed E-state index contributed by atoms with van der Waals surface area (Å²) in [5.41, 5.74) is 0. The molecule has 1 fully saturated rings. The fourth-order valence-electron chi connectivity index (χ4n) is 2.44. The van der Waals surface area contributed by atoms with Crippen molar-refractivity contribution >= 4 is 11.9 Å². The summed E-state index contributed by atoms with van der Waals surface area (Å²) < 4.78 is 9.44. The molecule has 0 radical (unpaired) electrons. The van der Waals surface area contributed by atoms with Crippen LogP contribution >= 0.6 is 0 Å². The van der Waals surface area contributed by atoms with Crippen LogP contribution < -0.4 is 0 Å². The van der Waals surface area contributed by atoms with Gasteiger partial charge in [0.25, 0.3) is 0 Å². The van der Waals surface area contributed by atoms with E-state index in [-0.39, 0.29) is 23.9 Å². The summed E-state index contributed by atoms with van der Waals surface area (Å²) in [4.78, 5) is 27.2. The van der Waals surface area contributed by atoms with E-state index in [4.69, 9.17) is 4.74 Å². The fourth-order valence-corrected chi connectivity index (χ4v) is 2.44. The number of carbonyl (C=O) groups excluding carboxylic acids is 2. The molecular weight excluding hydrogens is 260 g/mol. The monoisotopic (exact) mass is 286 g/mol. The molecule has 6 heteroatoms. The molecule has 0 saturated carbocycles. The zero-order valence-corrected chi connectivity index (χ0v) is 12.9. The highest BCUT2D eigenvalue weighted by molar-refractivity contribution is 5.72. The van der Waals surface area contributed by atoms with Crippen LogP contribution in [0, 0.1) is 5.92 Å². The lowest BCUT2D eigenvalue weighted by Crippen LogP contribution is -2.52. The van der Waals surface area contributed by atoms with Crippen LogP contribution in [0.25, 0.3) is 0 Å². The number of rotatable bonds is 6. The second kappa shape index (κ2) is 8.21. The molecule has 0 amide bonds. The van der Waals surface area contributed by atoms with Crippen molar-refractivity contribution in [2.24, 2.45) is 5.92 Å². The first-order valence-electron chi connectivity index (χ1n) is 7.10. The Morgan fingerprint density at radius 2 is 1.65 bits per heavy atom. The lowest BCUT2D eigenvalue weighted by molar-refractivity contribution is -0.147. The van der Waals surface area contributed by atoms with Crippen molar-refractivity contribution in [1.82, 2.24) is 9.80 Å². The first-order valence-corrected chi connectivity index (χ1v) is 7.10. The molecule has 0 N–H and O–H groups in total. The molecule has 1 aliphatic rings. The Hall–Kier alpha value is -1.14. The van der Waals surface area contributed by atoms with Crippen molar-refractivity contribution in [2.75, 3.05) is 46.9 Å². The number of esters is 2. The Morgan fingerprint density at radius 1 is 1.05 bits per heavy atom. The van der Waals surface area contributed by atoms with E-state index in [9.17, 15) is 9.59 Å². The van der Waals surface area contributed by atoms with E-state index in [0.717, 1.165) is 32.7 Å². The highest BCUT2D eigenvalue weighted by Crippen LogP contribution is 2.15. The van der Waals surface area contributed by atoms with Crippen molar-refractivity contribution in [1.29, 1.82) is 0 Å². The maximum absolute atomic E-state index is 11.6. The molecule has 6 nitrogen and oxygen atoms in total. The number of carbonyl (C=O) groups is 2. The molecule has 1 saturated heterocycles. The quantitative estimate of drug-likeness (QED) is 0.657. The van der Waals surface area contributed by atoms with Gasteiger partial charge in [0.15, 0.2) is 0 Å². The smallest absolute Gasteiger partial charge is 0.309 e. The minimum Gasteiger partial charge on any atom is -0.469 e. The molecule has 1 aliphatic heterocycles. The van der Waals surface area contributed by atoms with Gasteiger partial charge in [-0.2, -0.15) is 0 Å². The molecule has 1 heterocycles. The van der Waals surface area contributed by atoms with Crippen LogP contribution in [0.3, 0.4) is 0 Å². The van der Waals surface area contributed by atoms with Gasteiger partial charge in [-0.05, 0) is 6.92 Å². The van der Waals surface area contributed by atoms with Gasteiger partial charge in [0.1, 0.15) is 0 Å². The molecular formula is C14H26N2O4. The standard InChI is InChI=1S/C14H26N2O4/c1-11(14(18)20-4)12(2)16-9-7-15(8-10-16)6-5-13(17)19-3/h11-12H,5-10H2,1-4H3. The topological polar surface area (TPSA) is 59.1 Å². The van der Waals surface area contributed by atoms with E-state index in [0.29, 0.717) is 6.42 Å². The summed E-state index contributed by atoms with van der Waals surface area (Å²) in [6, 6.07) is 0.171. The van der Waals surface area contributed by atoms with Gasteiger partial charge in [0.05, 0.1) is 26.6 Å². The third-order valence-electron chi connectivity index (χ3n) is 4.14. The summed E-state index contributed by atoms with van der Waals surface area (Å²) in [5.74, 6) is -0.452. The lowest BCUT2D eigenvalue weighted by atomic mass is 10.0. The molecule has 0 aromatic rings. The van der Waals surface area contributed by atoms with E-state index in [1.165, 1.54) is 14.2 Å². The number of hydrogen-bond donors (Lipinski definition) is 0.